The number of amides is 1. The number of benzene rings is 1. The average Bonchev–Trinajstić information content (AvgIpc) is 3.43. The number of aryl methyl sites for hydroxylation is 1. The van der Waals surface area contributed by atoms with Gasteiger partial charge in [-0.3, -0.25) is 10.1 Å². The predicted molar refractivity (Wildman–Crippen MR) is 126 cm³/mol. The fraction of sp³-hybridized carbons (Fsp3) is 0.429. The Morgan fingerprint density at radius 2 is 2.06 bits per heavy atom. The quantitative estimate of drug-likeness (QED) is 0.459. The van der Waals surface area contributed by atoms with E-state index in [9.17, 15) is 13.2 Å². The van der Waals surface area contributed by atoms with Gasteiger partial charge in [0, 0.05) is 50.6 Å². The minimum Gasteiger partial charge on any atom is -0.382 e. The summed E-state index contributed by atoms with van der Waals surface area (Å²) in [5.74, 6) is 1.52. The number of hydrogen-bond donors (Lipinski definition) is 2. The summed E-state index contributed by atoms with van der Waals surface area (Å²) in [6.45, 7) is 4.81. The lowest BCUT2D eigenvalue weighted by atomic mass is 10.3. The van der Waals surface area contributed by atoms with Crippen LogP contribution in [0.4, 0.5) is 5.95 Å². The first-order valence-electron chi connectivity index (χ1n) is 10.6. The number of para-hydroxylation sites is 2. The third kappa shape index (κ3) is 4.85. The largest absolute Gasteiger partial charge is 0.382 e. The second kappa shape index (κ2) is 10.1. The van der Waals surface area contributed by atoms with E-state index in [1.165, 1.54) is 16.6 Å². The zero-order chi connectivity index (χ0) is 22.6. The fourth-order valence-corrected chi connectivity index (χ4v) is 6.20. The molecule has 11 heteroatoms. The predicted octanol–water partition coefficient (Wildman–Crippen LogP) is 2.78. The highest BCUT2D eigenvalue weighted by molar-refractivity contribution is 7.99. The number of H-pyrrole nitrogens is 1. The Hall–Kier alpha value is -2.34. The number of nitrogens with zero attached hydrogens (tertiary/aromatic N) is 3. The first kappa shape index (κ1) is 22.8. The van der Waals surface area contributed by atoms with Crippen molar-refractivity contribution >= 4 is 44.7 Å². The number of aromatic nitrogens is 3. The summed E-state index contributed by atoms with van der Waals surface area (Å²) in [4.78, 5) is 20.4. The number of ether oxygens (including phenoxy) is 1. The first-order valence-corrected chi connectivity index (χ1v) is 13.2. The van der Waals surface area contributed by atoms with E-state index in [0.29, 0.717) is 38.8 Å². The molecule has 1 aliphatic heterocycles. The zero-order valence-electron chi connectivity index (χ0n) is 17.9. The van der Waals surface area contributed by atoms with Crippen LogP contribution in [0, 0.1) is 0 Å². The van der Waals surface area contributed by atoms with Crippen LogP contribution in [-0.2, 0) is 21.3 Å². The van der Waals surface area contributed by atoms with E-state index in [4.69, 9.17) is 4.74 Å². The molecule has 2 N–H and O–H groups in total. The molecule has 0 radical (unpaired) electrons. The summed E-state index contributed by atoms with van der Waals surface area (Å²) in [5.41, 5.74) is 1.86. The molecule has 0 unspecified atom stereocenters. The highest BCUT2D eigenvalue weighted by Gasteiger charge is 2.28. The molecule has 1 aliphatic rings. The lowest BCUT2D eigenvalue weighted by molar-refractivity contribution is 0.102. The molecule has 0 aliphatic carbocycles. The van der Waals surface area contributed by atoms with Crippen molar-refractivity contribution in [2.45, 2.75) is 24.8 Å². The number of nitrogens with one attached hydrogen (secondary N) is 2. The molecule has 3 aromatic rings. The van der Waals surface area contributed by atoms with Gasteiger partial charge >= 0.3 is 0 Å². The van der Waals surface area contributed by atoms with Gasteiger partial charge in [0.1, 0.15) is 10.6 Å². The second-order valence-corrected chi connectivity index (χ2v) is 10.5. The van der Waals surface area contributed by atoms with E-state index in [2.05, 4.69) is 15.3 Å². The number of rotatable bonds is 9. The van der Waals surface area contributed by atoms with Crippen molar-refractivity contribution in [3.8, 4) is 0 Å². The van der Waals surface area contributed by atoms with Crippen LogP contribution >= 0.6 is 11.8 Å². The Kier molecular flexibility index (Phi) is 7.19. The molecule has 3 heterocycles. The maximum absolute atomic E-state index is 12.9. The topological polar surface area (TPSA) is 109 Å². The van der Waals surface area contributed by atoms with Crippen LogP contribution in [0.1, 0.15) is 23.8 Å². The minimum absolute atomic E-state index is 0.0970. The number of aromatic amines is 1. The Labute approximate surface area is 191 Å². The summed E-state index contributed by atoms with van der Waals surface area (Å²) in [6, 6.07) is 9.05. The van der Waals surface area contributed by atoms with Gasteiger partial charge in [0.15, 0.2) is 0 Å². The molecule has 2 aromatic heterocycles. The van der Waals surface area contributed by atoms with E-state index in [-0.39, 0.29) is 10.6 Å². The number of thioether (sulfide) groups is 1. The van der Waals surface area contributed by atoms with Gasteiger partial charge in [-0.15, -0.1) is 0 Å². The number of sulfonamides is 1. The molecule has 172 valence electrons. The summed E-state index contributed by atoms with van der Waals surface area (Å²) >= 11 is 1.74. The Morgan fingerprint density at radius 3 is 2.84 bits per heavy atom. The Morgan fingerprint density at radius 1 is 1.28 bits per heavy atom. The van der Waals surface area contributed by atoms with Gasteiger partial charge in [-0.2, -0.15) is 16.1 Å². The van der Waals surface area contributed by atoms with Crippen molar-refractivity contribution in [1.82, 2.24) is 18.8 Å². The molecule has 9 nitrogen and oxygen atoms in total. The van der Waals surface area contributed by atoms with Crippen LogP contribution in [-0.4, -0.2) is 71.0 Å². The molecule has 0 spiro atoms. The number of imidazole rings is 1. The third-order valence-electron chi connectivity index (χ3n) is 5.26. The highest BCUT2D eigenvalue weighted by atomic mass is 32.2. The van der Waals surface area contributed by atoms with Gasteiger partial charge in [-0.25, -0.2) is 13.4 Å². The summed E-state index contributed by atoms with van der Waals surface area (Å²) in [5, 5.41) is 2.83. The van der Waals surface area contributed by atoms with E-state index >= 15 is 0 Å². The number of carbonyl (C=O) groups is 1. The van der Waals surface area contributed by atoms with Gasteiger partial charge < -0.3 is 14.3 Å². The van der Waals surface area contributed by atoms with Crippen molar-refractivity contribution in [2.75, 3.05) is 43.1 Å². The third-order valence-corrected chi connectivity index (χ3v) is 8.08. The molecular formula is C21H27N5O4S2. The van der Waals surface area contributed by atoms with Crippen LogP contribution in [0.2, 0.25) is 0 Å². The zero-order valence-corrected chi connectivity index (χ0v) is 19.5. The molecule has 32 heavy (non-hydrogen) atoms. The number of hydrogen-bond acceptors (Lipinski definition) is 6. The van der Waals surface area contributed by atoms with Gasteiger partial charge in [0.2, 0.25) is 16.0 Å². The summed E-state index contributed by atoms with van der Waals surface area (Å²) in [7, 11) is -3.62. The molecule has 0 atom stereocenters. The molecule has 1 amide bonds. The molecule has 0 bridgehead atoms. The number of carbonyl (C=O) groups excluding carboxylic acids is 1. The normalized spacial score (nSPS) is 15.3. The molecule has 1 saturated heterocycles. The van der Waals surface area contributed by atoms with Crippen molar-refractivity contribution < 1.29 is 17.9 Å². The van der Waals surface area contributed by atoms with Crippen LogP contribution < -0.4 is 5.32 Å². The fourth-order valence-electron chi connectivity index (χ4n) is 3.63. The van der Waals surface area contributed by atoms with E-state index in [1.807, 2.05) is 35.8 Å². The summed E-state index contributed by atoms with van der Waals surface area (Å²) < 4.78 is 34.6. The van der Waals surface area contributed by atoms with Gasteiger partial charge in [0.25, 0.3) is 5.91 Å². The minimum atomic E-state index is -3.62. The van der Waals surface area contributed by atoms with Crippen LogP contribution in [0.25, 0.3) is 11.0 Å². The van der Waals surface area contributed by atoms with Crippen LogP contribution in [0.3, 0.4) is 0 Å². The van der Waals surface area contributed by atoms with Crippen LogP contribution in [0.5, 0.6) is 0 Å². The van der Waals surface area contributed by atoms with Gasteiger partial charge in [-0.1, -0.05) is 12.1 Å². The van der Waals surface area contributed by atoms with E-state index in [0.717, 1.165) is 29.0 Å². The Bertz CT molecular complexity index is 1180. The first-order chi connectivity index (χ1) is 15.5. The van der Waals surface area contributed by atoms with Crippen LogP contribution in [0.15, 0.2) is 41.4 Å². The molecule has 0 saturated carbocycles. The monoisotopic (exact) mass is 477 g/mol. The average molecular weight is 478 g/mol. The van der Waals surface area contributed by atoms with Crippen molar-refractivity contribution in [3.63, 3.8) is 0 Å². The molecule has 1 fully saturated rings. The molecule has 1 aromatic carbocycles. The standard InChI is InChI=1S/C21H27N5O4S2/c1-2-30-11-5-8-26-19-7-4-3-6-17(19)23-21(26)24-20(27)18-14-16(15-22-18)32(28,29)25-9-12-31-13-10-25/h3-4,6-7,14-15,22H,2,5,8-13H2,1H3,(H,23,24,27). The maximum Gasteiger partial charge on any atom is 0.274 e. The van der Waals surface area contributed by atoms with Crippen molar-refractivity contribution in [2.24, 2.45) is 0 Å². The van der Waals surface area contributed by atoms with Gasteiger partial charge in [-0.05, 0) is 31.5 Å². The number of anilines is 1. The summed E-state index contributed by atoms with van der Waals surface area (Å²) in [6.07, 6.45) is 2.15. The second-order valence-electron chi connectivity index (χ2n) is 7.35. The van der Waals surface area contributed by atoms with Gasteiger partial charge in [0.05, 0.1) is 11.0 Å². The molecular weight excluding hydrogens is 450 g/mol. The number of fused-ring (bicyclic) bond motifs is 1. The molecule has 4 rings (SSSR count). The van der Waals surface area contributed by atoms with Crippen molar-refractivity contribution in [1.29, 1.82) is 0 Å². The van der Waals surface area contributed by atoms with E-state index < -0.39 is 15.9 Å². The lowest BCUT2D eigenvalue weighted by Gasteiger charge is -2.24. The van der Waals surface area contributed by atoms with E-state index in [1.54, 1.807) is 11.8 Å². The smallest absolute Gasteiger partial charge is 0.274 e. The maximum atomic E-state index is 12.9. The Balaban J connectivity index is 1.53. The highest BCUT2D eigenvalue weighted by Crippen LogP contribution is 2.23. The lowest BCUT2D eigenvalue weighted by Crippen LogP contribution is -2.37. The van der Waals surface area contributed by atoms with Crippen molar-refractivity contribution in [3.05, 3.63) is 42.2 Å². The SMILES string of the molecule is CCOCCCn1c(NC(=O)c2cc(S(=O)(=O)N3CCSCC3)c[nH]2)nc2ccccc21.